The Morgan fingerprint density at radius 1 is 1.30 bits per heavy atom. The van der Waals surface area contributed by atoms with E-state index in [9.17, 15) is 4.79 Å². The van der Waals surface area contributed by atoms with Crippen LogP contribution < -0.4 is 10.6 Å². The number of hydrogen-bond donors (Lipinski definition) is 3. The number of halogens is 1. The fraction of sp³-hybridized carbons (Fsp3) is 0.500. The van der Waals surface area contributed by atoms with E-state index in [1.54, 1.807) is 0 Å². The van der Waals surface area contributed by atoms with Gasteiger partial charge in [-0.05, 0) is 57.0 Å². The molecule has 1 atom stereocenters. The molecule has 23 heavy (non-hydrogen) atoms. The molecule has 1 aliphatic heterocycles. The van der Waals surface area contributed by atoms with Crippen LogP contribution in [0.25, 0.3) is 10.9 Å². The van der Waals surface area contributed by atoms with Crippen LogP contribution in [0.4, 0.5) is 0 Å². The molecule has 1 fully saturated rings. The summed E-state index contributed by atoms with van der Waals surface area (Å²) in [5.74, 6) is 0.710. The van der Waals surface area contributed by atoms with Gasteiger partial charge in [0.1, 0.15) is 0 Å². The Morgan fingerprint density at radius 3 is 2.61 bits per heavy atom. The van der Waals surface area contributed by atoms with E-state index in [0.717, 1.165) is 18.6 Å². The minimum atomic E-state index is 0. The van der Waals surface area contributed by atoms with Crippen LogP contribution >= 0.6 is 12.4 Å². The third-order valence-corrected chi connectivity index (χ3v) is 5.03. The Balaban J connectivity index is 0.00000192. The Hall–Kier alpha value is -1.52. The number of aromatic amines is 1. The number of benzene rings is 1. The Bertz CT molecular complexity index is 719. The molecule has 3 N–H and O–H groups in total. The maximum atomic E-state index is 12.3. The molecule has 1 aromatic heterocycles. The van der Waals surface area contributed by atoms with Crippen molar-refractivity contribution in [1.82, 2.24) is 15.6 Å². The van der Waals surface area contributed by atoms with Crippen LogP contribution in [-0.4, -0.2) is 24.0 Å². The Labute approximate surface area is 143 Å². The van der Waals surface area contributed by atoms with Gasteiger partial charge in [0.15, 0.2) is 0 Å². The van der Waals surface area contributed by atoms with Crippen LogP contribution in [0.15, 0.2) is 12.1 Å². The molecule has 0 aliphatic carbocycles. The SMILES string of the molecule is Cc1cc(CNC(=O)C(C)C2CNC2)c2[nH]c(C)c(C)c2c1.Cl. The van der Waals surface area contributed by atoms with E-state index in [1.807, 2.05) is 6.92 Å². The predicted octanol–water partition coefficient (Wildman–Crippen LogP) is 2.99. The number of carbonyl (C=O) groups is 1. The summed E-state index contributed by atoms with van der Waals surface area (Å²) >= 11 is 0. The smallest absolute Gasteiger partial charge is 0.223 e. The molecular formula is C18H26ClN3O. The topological polar surface area (TPSA) is 56.9 Å². The van der Waals surface area contributed by atoms with Gasteiger partial charge in [-0.3, -0.25) is 4.79 Å². The normalized spacial score (nSPS) is 15.8. The Kier molecular flexibility index (Phi) is 5.37. The van der Waals surface area contributed by atoms with Gasteiger partial charge in [0, 0.05) is 23.5 Å². The lowest BCUT2D eigenvalue weighted by atomic mass is 9.88. The van der Waals surface area contributed by atoms with Crippen molar-refractivity contribution in [2.75, 3.05) is 13.1 Å². The first-order valence-electron chi connectivity index (χ1n) is 8.04. The molecule has 0 saturated carbocycles. The highest BCUT2D eigenvalue weighted by Crippen LogP contribution is 2.26. The average molecular weight is 336 g/mol. The molecule has 1 aliphatic rings. The van der Waals surface area contributed by atoms with Crippen molar-refractivity contribution in [2.24, 2.45) is 11.8 Å². The molecule has 1 amide bonds. The number of amides is 1. The molecule has 126 valence electrons. The zero-order chi connectivity index (χ0) is 15.9. The molecule has 1 unspecified atom stereocenters. The number of H-pyrrole nitrogens is 1. The van der Waals surface area contributed by atoms with Gasteiger partial charge in [-0.1, -0.05) is 18.6 Å². The van der Waals surface area contributed by atoms with Gasteiger partial charge in [0.25, 0.3) is 0 Å². The largest absolute Gasteiger partial charge is 0.358 e. The van der Waals surface area contributed by atoms with Gasteiger partial charge in [-0.25, -0.2) is 0 Å². The lowest BCUT2D eigenvalue weighted by Crippen LogP contribution is -2.49. The summed E-state index contributed by atoms with van der Waals surface area (Å²) in [7, 11) is 0. The molecule has 0 spiro atoms. The van der Waals surface area contributed by atoms with Crippen LogP contribution in [0, 0.1) is 32.6 Å². The van der Waals surface area contributed by atoms with E-state index < -0.39 is 0 Å². The monoisotopic (exact) mass is 335 g/mol. The first kappa shape index (κ1) is 17.8. The zero-order valence-electron chi connectivity index (χ0n) is 14.2. The number of aromatic nitrogens is 1. The molecule has 5 heteroatoms. The summed E-state index contributed by atoms with van der Waals surface area (Å²) in [6.45, 7) is 10.9. The third-order valence-electron chi connectivity index (χ3n) is 5.03. The average Bonchev–Trinajstić information content (AvgIpc) is 2.70. The summed E-state index contributed by atoms with van der Waals surface area (Å²) in [5, 5.41) is 7.60. The second kappa shape index (κ2) is 6.93. The van der Waals surface area contributed by atoms with Crippen LogP contribution in [0.1, 0.15) is 29.3 Å². The number of aryl methyl sites for hydroxylation is 3. The number of rotatable bonds is 4. The molecule has 2 aromatic rings. The lowest BCUT2D eigenvalue weighted by Gasteiger charge is -2.31. The minimum Gasteiger partial charge on any atom is -0.358 e. The molecule has 2 heterocycles. The third kappa shape index (κ3) is 3.38. The van der Waals surface area contributed by atoms with E-state index in [0.29, 0.717) is 12.5 Å². The van der Waals surface area contributed by atoms with Crippen molar-refractivity contribution in [1.29, 1.82) is 0 Å². The van der Waals surface area contributed by atoms with Crippen molar-refractivity contribution >= 4 is 29.2 Å². The standard InChI is InChI=1S/C18H25N3O.ClH/c1-10-5-14(17-16(6-10)11(2)13(4)21-17)9-20-18(22)12(3)15-7-19-8-15;/h5-6,12,15,19,21H,7-9H2,1-4H3,(H,20,22);1H. The van der Waals surface area contributed by atoms with Crippen molar-refractivity contribution in [2.45, 2.75) is 34.2 Å². The molecule has 4 nitrogen and oxygen atoms in total. The van der Waals surface area contributed by atoms with E-state index in [-0.39, 0.29) is 24.2 Å². The summed E-state index contributed by atoms with van der Waals surface area (Å²) in [6, 6.07) is 4.37. The number of carbonyl (C=O) groups excluding carboxylic acids is 1. The van der Waals surface area contributed by atoms with E-state index in [1.165, 1.54) is 27.8 Å². The van der Waals surface area contributed by atoms with Crippen molar-refractivity contribution < 1.29 is 4.79 Å². The van der Waals surface area contributed by atoms with Crippen LogP contribution in [-0.2, 0) is 11.3 Å². The minimum absolute atomic E-state index is 0. The fourth-order valence-corrected chi connectivity index (χ4v) is 3.15. The van der Waals surface area contributed by atoms with Gasteiger partial charge >= 0.3 is 0 Å². The summed E-state index contributed by atoms with van der Waals surface area (Å²) in [6.07, 6.45) is 0. The highest BCUT2D eigenvalue weighted by Gasteiger charge is 2.28. The van der Waals surface area contributed by atoms with E-state index >= 15 is 0 Å². The van der Waals surface area contributed by atoms with Crippen molar-refractivity contribution in [3.8, 4) is 0 Å². The molecule has 0 radical (unpaired) electrons. The summed E-state index contributed by atoms with van der Waals surface area (Å²) in [5.41, 5.74) is 6.04. The van der Waals surface area contributed by atoms with Gasteiger partial charge in [-0.15, -0.1) is 12.4 Å². The molecule has 0 bridgehead atoms. The number of nitrogens with one attached hydrogen (secondary N) is 3. The van der Waals surface area contributed by atoms with Gasteiger partial charge in [-0.2, -0.15) is 0 Å². The maximum Gasteiger partial charge on any atom is 0.223 e. The highest BCUT2D eigenvalue weighted by molar-refractivity contribution is 5.88. The first-order valence-corrected chi connectivity index (χ1v) is 8.04. The van der Waals surface area contributed by atoms with Gasteiger partial charge in [0.2, 0.25) is 5.91 Å². The summed E-state index contributed by atoms with van der Waals surface area (Å²) in [4.78, 5) is 15.8. The maximum absolute atomic E-state index is 12.3. The quantitative estimate of drug-likeness (QED) is 0.804. The highest BCUT2D eigenvalue weighted by atomic mass is 35.5. The van der Waals surface area contributed by atoms with Crippen LogP contribution in [0.3, 0.4) is 0 Å². The number of hydrogen-bond acceptors (Lipinski definition) is 2. The first-order chi connectivity index (χ1) is 10.5. The van der Waals surface area contributed by atoms with Crippen molar-refractivity contribution in [3.05, 3.63) is 34.5 Å². The molecule has 1 aromatic carbocycles. The predicted molar refractivity (Wildman–Crippen MR) is 97.1 cm³/mol. The summed E-state index contributed by atoms with van der Waals surface area (Å²) < 4.78 is 0. The Morgan fingerprint density at radius 2 is 2.00 bits per heavy atom. The van der Waals surface area contributed by atoms with Gasteiger partial charge in [0.05, 0.1) is 5.52 Å². The molecular weight excluding hydrogens is 310 g/mol. The van der Waals surface area contributed by atoms with Gasteiger partial charge < -0.3 is 15.6 Å². The van der Waals surface area contributed by atoms with Crippen LogP contribution in [0.2, 0.25) is 0 Å². The van der Waals surface area contributed by atoms with Crippen LogP contribution in [0.5, 0.6) is 0 Å². The lowest BCUT2D eigenvalue weighted by molar-refractivity contribution is -0.126. The number of fused-ring (bicyclic) bond motifs is 1. The molecule has 1 saturated heterocycles. The second-order valence-electron chi connectivity index (χ2n) is 6.65. The second-order valence-corrected chi connectivity index (χ2v) is 6.65. The molecule has 3 rings (SSSR count). The van der Waals surface area contributed by atoms with E-state index in [2.05, 4.69) is 48.5 Å². The zero-order valence-corrected chi connectivity index (χ0v) is 15.1. The fourth-order valence-electron chi connectivity index (χ4n) is 3.15. The van der Waals surface area contributed by atoms with E-state index in [4.69, 9.17) is 0 Å². The van der Waals surface area contributed by atoms with Crippen molar-refractivity contribution in [3.63, 3.8) is 0 Å².